The van der Waals surface area contributed by atoms with E-state index < -0.39 is 6.10 Å². The molecule has 1 saturated heterocycles. The van der Waals surface area contributed by atoms with Gasteiger partial charge in [0.15, 0.2) is 0 Å². The summed E-state index contributed by atoms with van der Waals surface area (Å²) >= 11 is 12.0. The number of aliphatic hydroxyl groups excluding tert-OH is 1. The molecule has 0 aromatic heterocycles. The van der Waals surface area contributed by atoms with E-state index in [2.05, 4.69) is 4.90 Å². The molecule has 0 spiro atoms. The maximum atomic E-state index is 10.4. The van der Waals surface area contributed by atoms with Crippen molar-refractivity contribution in [1.29, 1.82) is 0 Å². The first-order chi connectivity index (χ1) is 10.6. The van der Waals surface area contributed by atoms with Crippen molar-refractivity contribution in [2.24, 2.45) is 0 Å². The molecule has 4 nitrogen and oxygen atoms in total. The van der Waals surface area contributed by atoms with Crippen molar-refractivity contribution < 1.29 is 14.6 Å². The Morgan fingerprint density at radius 3 is 2.91 bits per heavy atom. The lowest BCUT2D eigenvalue weighted by atomic mass is 10.1. The SMILES string of the molecule is CCOCCO[C@H]1CCN(CC(O)c2ccc(Cl)cc2Cl)C1. The summed E-state index contributed by atoms with van der Waals surface area (Å²) in [7, 11) is 0. The van der Waals surface area contributed by atoms with E-state index in [1.165, 1.54) is 0 Å². The molecular formula is C16H23Cl2NO3. The second-order valence-electron chi connectivity index (χ2n) is 5.42. The van der Waals surface area contributed by atoms with E-state index in [-0.39, 0.29) is 6.10 Å². The van der Waals surface area contributed by atoms with E-state index in [1.807, 2.05) is 6.92 Å². The maximum Gasteiger partial charge on any atom is 0.0931 e. The average molecular weight is 348 g/mol. The minimum absolute atomic E-state index is 0.216. The highest BCUT2D eigenvalue weighted by Gasteiger charge is 2.25. The number of halogens is 2. The highest BCUT2D eigenvalue weighted by molar-refractivity contribution is 6.35. The Kier molecular flexibility index (Phi) is 7.41. The van der Waals surface area contributed by atoms with Gasteiger partial charge >= 0.3 is 0 Å². The van der Waals surface area contributed by atoms with Crippen LogP contribution in [0.2, 0.25) is 10.0 Å². The third kappa shape index (κ3) is 5.37. The quantitative estimate of drug-likeness (QED) is 0.733. The van der Waals surface area contributed by atoms with Gasteiger partial charge in [-0.3, -0.25) is 4.90 Å². The van der Waals surface area contributed by atoms with Crippen LogP contribution in [0.3, 0.4) is 0 Å². The lowest BCUT2D eigenvalue weighted by Crippen LogP contribution is -2.28. The molecule has 1 unspecified atom stereocenters. The first-order valence-corrected chi connectivity index (χ1v) is 8.40. The molecule has 0 bridgehead atoms. The molecule has 0 amide bonds. The molecule has 1 fully saturated rings. The van der Waals surface area contributed by atoms with Gasteiger partial charge in [0.1, 0.15) is 0 Å². The lowest BCUT2D eigenvalue weighted by molar-refractivity contribution is 0.00997. The Bertz CT molecular complexity index is 473. The summed E-state index contributed by atoms with van der Waals surface area (Å²) in [5, 5.41) is 11.4. The molecular weight excluding hydrogens is 325 g/mol. The summed E-state index contributed by atoms with van der Waals surface area (Å²) in [5.41, 5.74) is 0.715. The predicted octanol–water partition coefficient (Wildman–Crippen LogP) is 3.15. The van der Waals surface area contributed by atoms with Gasteiger partial charge in [-0.2, -0.15) is 0 Å². The first kappa shape index (κ1) is 18.0. The Morgan fingerprint density at radius 1 is 1.36 bits per heavy atom. The number of likely N-dealkylation sites (tertiary alicyclic amines) is 1. The number of benzene rings is 1. The number of hydrogen-bond acceptors (Lipinski definition) is 4. The highest BCUT2D eigenvalue weighted by Crippen LogP contribution is 2.27. The van der Waals surface area contributed by atoms with Crippen molar-refractivity contribution in [3.05, 3.63) is 33.8 Å². The molecule has 1 N–H and O–H groups in total. The highest BCUT2D eigenvalue weighted by atomic mass is 35.5. The van der Waals surface area contributed by atoms with Crippen LogP contribution >= 0.6 is 23.2 Å². The fourth-order valence-corrected chi connectivity index (χ4v) is 3.17. The Hall–Kier alpha value is -0.360. The zero-order valence-corrected chi connectivity index (χ0v) is 14.3. The Labute approximate surface area is 141 Å². The normalized spacial score (nSPS) is 20.5. The fraction of sp³-hybridized carbons (Fsp3) is 0.625. The summed E-state index contributed by atoms with van der Waals surface area (Å²) < 4.78 is 11.0. The predicted molar refractivity (Wildman–Crippen MR) is 88.7 cm³/mol. The Balaban J connectivity index is 1.77. The summed E-state index contributed by atoms with van der Waals surface area (Å²) in [6.45, 7) is 6.24. The third-order valence-electron chi connectivity index (χ3n) is 3.77. The van der Waals surface area contributed by atoms with Gasteiger partial charge in [-0.25, -0.2) is 0 Å². The zero-order valence-electron chi connectivity index (χ0n) is 12.8. The van der Waals surface area contributed by atoms with Crippen LogP contribution in [-0.4, -0.2) is 55.6 Å². The van der Waals surface area contributed by atoms with Crippen LogP contribution in [-0.2, 0) is 9.47 Å². The molecule has 1 aliphatic rings. The van der Waals surface area contributed by atoms with E-state index in [0.29, 0.717) is 42.0 Å². The Morgan fingerprint density at radius 2 is 2.18 bits per heavy atom. The minimum Gasteiger partial charge on any atom is -0.387 e. The molecule has 6 heteroatoms. The summed E-state index contributed by atoms with van der Waals surface area (Å²) in [4.78, 5) is 2.20. The molecule has 0 radical (unpaired) electrons. The second kappa shape index (κ2) is 9.06. The number of aliphatic hydroxyl groups is 1. The van der Waals surface area contributed by atoms with Gasteiger partial charge in [0, 0.05) is 41.8 Å². The first-order valence-electron chi connectivity index (χ1n) is 7.65. The van der Waals surface area contributed by atoms with Crippen LogP contribution in [0.5, 0.6) is 0 Å². The van der Waals surface area contributed by atoms with E-state index >= 15 is 0 Å². The zero-order chi connectivity index (χ0) is 15.9. The van der Waals surface area contributed by atoms with Crippen LogP contribution in [0.25, 0.3) is 0 Å². The van der Waals surface area contributed by atoms with Gasteiger partial charge in [-0.15, -0.1) is 0 Å². The van der Waals surface area contributed by atoms with E-state index in [1.54, 1.807) is 18.2 Å². The van der Waals surface area contributed by atoms with Gasteiger partial charge in [-0.1, -0.05) is 29.3 Å². The van der Waals surface area contributed by atoms with Gasteiger partial charge in [0.25, 0.3) is 0 Å². The van der Waals surface area contributed by atoms with Gasteiger partial charge in [-0.05, 0) is 25.5 Å². The number of rotatable bonds is 8. The van der Waals surface area contributed by atoms with Crippen molar-refractivity contribution in [2.75, 3.05) is 39.5 Å². The van der Waals surface area contributed by atoms with Crippen LogP contribution in [0, 0.1) is 0 Å². The molecule has 1 aromatic carbocycles. The fourth-order valence-electron chi connectivity index (χ4n) is 2.63. The molecule has 0 aliphatic carbocycles. The van der Waals surface area contributed by atoms with Crippen LogP contribution in [0.1, 0.15) is 25.0 Å². The van der Waals surface area contributed by atoms with Crippen molar-refractivity contribution in [3.8, 4) is 0 Å². The van der Waals surface area contributed by atoms with Crippen LogP contribution in [0.15, 0.2) is 18.2 Å². The number of hydrogen-bond donors (Lipinski definition) is 1. The van der Waals surface area contributed by atoms with Crippen molar-refractivity contribution in [2.45, 2.75) is 25.6 Å². The third-order valence-corrected chi connectivity index (χ3v) is 4.33. The van der Waals surface area contributed by atoms with E-state index in [0.717, 1.165) is 19.5 Å². The van der Waals surface area contributed by atoms with Gasteiger partial charge in [0.05, 0.1) is 25.4 Å². The lowest BCUT2D eigenvalue weighted by Gasteiger charge is -2.21. The second-order valence-corrected chi connectivity index (χ2v) is 6.26. The van der Waals surface area contributed by atoms with Crippen molar-refractivity contribution >= 4 is 23.2 Å². The summed E-state index contributed by atoms with van der Waals surface area (Å²) in [6, 6.07) is 5.18. The molecule has 1 aromatic rings. The minimum atomic E-state index is -0.619. The summed E-state index contributed by atoms with van der Waals surface area (Å²) in [6.07, 6.45) is 0.577. The average Bonchev–Trinajstić information content (AvgIpc) is 2.91. The number of nitrogens with zero attached hydrogens (tertiary/aromatic N) is 1. The van der Waals surface area contributed by atoms with E-state index in [4.69, 9.17) is 32.7 Å². The standard InChI is InChI=1S/C16H23Cl2NO3/c1-2-21-7-8-22-13-5-6-19(10-13)11-16(20)14-4-3-12(17)9-15(14)18/h3-4,9,13,16,20H,2,5-8,10-11H2,1H3/t13-,16?/m0/s1. The number of ether oxygens (including phenoxy) is 2. The monoisotopic (exact) mass is 347 g/mol. The topological polar surface area (TPSA) is 41.9 Å². The molecule has 1 aliphatic heterocycles. The maximum absolute atomic E-state index is 10.4. The van der Waals surface area contributed by atoms with Crippen LogP contribution in [0.4, 0.5) is 0 Å². The summed E-state index contributed by atoms with van der Waals surface area (Å²) in [5.74, 6) is 0. The molecule has 124 valence electrons. The van der Waals surface area contributed by atoms with Crippen molar-refractivity contribution in [3.63, 3.8) is 0 Å². The van der Waals surface area contributed by atoms with Crippen LogP contribution < -0.4 is 0 Å². The molecule has 0 saturated carbocycles. The van der Waals surface area contributed by atoms with Gasteiger partial charge in [0.2, 0.25) is 0 Å². The molecule has 2 rings (SSSR count). The van der Waals surface area contributed by atoms with Crippen molar-refractivity contribution in [1.82, 2.24) is 4.90 Å². The molecule has 1 heterocycles. The smallest absolute Gasteiger partial charge is 0.0931 e. The van der Waals surface area contributed by atoms with E-state index in [9.17, 15) is 5.11 Å². The molecule has 2 atom stereocenters. The molecule has 22 heavy (non-hydrogen) atoms. The largest absolute Gasteiger partial charge is 0.387 e. The number of β-amino-alcohol motifs (C(OH)–C–C–N with tert-alkyl or cyclic N) is 1. The van der Waals surface area contributed by atoms with Gasteiger partial charge < -0.3 is 14.6 Å².